The van der Waals surface area contributed by atoms with Crippen LogP contribution < -0.4 is 15.4 Å². The van der Waals surface area contributed by atoms with Crippen molar-refractivity contribution in [2.75, 3.05) is 17.7 Å². The Kier molecular flexibility index (Phi) is 6.34. The lowest BCUT2D eigenvalue weighted by atomic mass is 10.0. The molecule has 0 aliphatic rings. The summed E-state index contributed by atoms with van der Waals surface area (Å²) >= 11 is 6.06. The molecule has 3 rings (SSSR count). The lowest BCUT2D eigenvalue weighted by Crippen LogP contribution is -2.19. The second-order valence-corrected chi connectivity index (χ2v) is 6.51. The van der Waals surface area contributed by atoms with E-state index in [1.165, 1.54) is 5.56 Å². The van der Waals surface area contributed by atoms with E-state index in [2.05, 4.69) is 28.8 Å². The van der Waals surface area contributed by atoms with Gasteiger partial charge in [-0.25, -0.2) is 4.79 Å². The van der Waals surface area contributed by atoms with Gasteiger partial charge in [0.1, 0.15) is 5.75 Å². The first-order valence-electron chi connectivity index (χ1n) is 8.68. The van der Waals surface area contributed by atoms with E-state index in [0.717, 1.165) is 29.8 Å². The number of amides is 2. The Balaban J connectivity index is 1.58. The summed E-state index contributed by atoms with van der Waals surface area (Å²) in [6, 6.07) is 22.7. The standard InChI is InChI=1S/C22H21ClN2O2/c1-27-19-13-11-16(12-14-19)9-10-17-5-4-6-18(15-17)24-22(26)25-21-8-3-2-7-20(21)23/h2-8,11-15H,9-10H2,1H3,(H2,24,25,26). The van der Waals surface area contributed by atoms with E-state index in [1.807, 2.05) is 42.5 Å². The van der Waals surface area contributed by atoms with E-state index >= 15 is 0 Å². The van der Waals surface area contributed by atoms with Crippen LogP contribution >= 0.6 is 11.6 Å². The Morgan fingerprint density at radius 1 is 0.889 bits per heavy atom. The number of aryl methyl sites for hydroxylation is 2. The summed E-state index contributed by atoms with van der Waals surface area (Å²) in [6.07, 6.45) is 1.80. The van der Waals surface area contributed by atoms with Gasteiger partial charge in [-0.15, -0.1) is 0 Å². The molecule has 3 aromatic rings. The van der Waals surface area contributed by atoms with Gasteiger partial charge >= 0.3 is 6.03 Å². The Bertz CT molecular complexity index is 910. The first kappa shape index (κ1) is 18.8. The van der Waals surface area contributed by atoms with Gasteiger partial charge in [0.15, 0.2) is 0 Å². The van der Waals surface area contributed by atoms with Crippen LogP contribution in [0.2, 0.25) is 5.02 Å². The molecule has 0 spiro atoms. The predicted octanol–water partition coefficient (Wildman–Crippen LogP) is 5.78. The fourth-order valence-corrected chi connectivity index (χ4v) is 2.92. The zero-order chi connectivity index (χ0) is 19.1. The first-order chi connectivity index (χ1) is 13.1. The fraction of sp³-hybridized carbons (Fsp3) is 0.136. The molecule has 27 heavy (non-hydrogen) atoms. The van der Waals surface area contributed by atoms with Gasteiger partial charge in [0.25, 0.3) is 0 Å². The van der Waals surface area contributed by atoms with Crippen LogP contribution in [0.5, 0.6) is 5.75 Å². The number of carbonyl (C=O) groups excluding carboxylic acids is 1. The van der Waals surface area contributed by atoms with Crippen LogP contribution in [-0.2, 0) is 12.8 Å². The number of para-hydroxylation sites is 1. The van der Waals surface area contributed by atoms with Crippen LogP contribution in [0.25, 0.3) is 0 Å². The molecular formula is C22H21ClN2O2. The molecule has 0 aliphatic carbocycles. The highest BCUT2D eigenvalue weighted by Crippen LogP contribution is 2.21. The van der Waals surface area contributed by atoms with E-state index < -0.39 is 0 Å². The van der Waals surface area contributed by atoms with Crippen LogP contribution in [0.15, 0.2) is 72.8 Å². The zero-order valence-electron chi connectivity index (χ0n) is 15.0. The van der Waals surface area contributed by atoms with Crippen molar-refractivity contribution in [1.82, 2.24) is 0 Å². The van der Waals surface area contributed by atoms with Crippen molar-refractivity contribution in [3.63, 3.8) is 0 Å². The van der Waals surface area contributed by atoms with Gasteiger partial charge in [-0.2, -0.15) is 0 Å². The number of carbonyl (C=O) groups is 1. The zero-order valence-corrected chi connectivity index (χ0v) is 15.8. The predicted molar refractivity (Wildman–Crippen MR) is 111 cm³/mol. The minimum absolute atomic E-state index is 0.324. The molecule has 0 bridgehead atoms. The van der Waals surface area contributed by atoms with Gasteiger partial charge < -0.3 is 15.4 Å². The number of benzene rings is 3. The minimum atomic E-state index is -0.324. The van der Waals surface area contributed by atoms with Crippen LogP contribution in [0.4, 0.5) is 16.2 Å². The SMILES string of the molecule is COc1ccc(CCc2cccc(NC(=O)Nc3ccccc3Cl)c2)cc1. The number of halogens is 1. The molecule has 5 heteroatoms. The van der Waals surface area contributed by atoms with E-state index in [9.17, 15) is 4.79 Å². The third-order valence-corrected chi connectivity index (χ3v) is 4.50. The summed E-state index contributed by atoms with van der Waals surface area (Å²) < 4.78 is 5.18. The molecule has 138 valence electrons. The highest BCUT2D eigenvalue weighted by atomic mass is 35.5. The molecule has 0 unspecified atom stereocenters. The van der Waals surface area contributed by atoms with Crippen LogP contribution in [0.1, 0.15) is 11.1 Å². The molecule has 2 amide bonds. The molecule has 4 nitrogen and oxygen atoms in total. The third-order valence-electron chi connectivity index (χ3n) is 4.17. The molecule has 0 aliphatic heterocycles. The van der Waals surface area contributed by atoms with Gasteiger partial charge in [0.2, 0.25) is 0 Å². The number of anilines is 2. The largest absolute Gasteiger partial charge is 0.497 e. The van der Waals surface area contributed by atoms with Gasteiger partial charge in [-0.05, 0) is 60.4 Å². The quantitative estimate of drug-likeness (QED) is 0.569. The summed E-state index contributed by atoms with van der Waals surface area (Å²) in [5, 5.41) is 6.10. The average Bonchev–Trinajstić information content (AvgIpc) is 2.69. The van der Waals surface area contributed by atoms with E-state index in [0.29, 0.717) is 10.7 Å². The van der Waals surface area contributed by atoms with Gasteiger partial charge in [-0.3, -0.25) is 0 Å². The lowest BCUT2D eigenvalue weighted by molar-refractivity contribution is 0.262. The smallest absolute Gasteiger partial charge is 0.323 e. The molecule has 0 fully saturated rings. The number of urea groups is 1. The van der Waals surface area contributed by atoms with Crippen molar-refractivity contribution in [3.8, 4) is 5.75 Å². The number of nitrogens with one attached hydrogen (secondary N) is 2. The lowest BCUT2D eigenvalue weighted by Gasteiger charge is -2.10. The van der Waals surface area contributed by atoms with Crippen molar-refractivity contribution < 1.29 is 9.53 Å². The van der Waals surface area contributed by atoms with Gasteiger partial charge in [0.05, 0.1) is 17.8 Å². The average molecular weight is 381 g/mol. The number of ether oxygens (including phenoxy) is 1. The van der Waals surface area contributed by atoms with Crippen molar-refractivity contribution >= 4 is 29.0 Å². The van der Waals surface area contributed by atoms with Gasteiger partial charge in [0, 0.05) is 5.69 Å². The topological polar surface area (TPSA) is 50.4 Å². The molecule has 0 heterocycles. The molecule has 0 atom stereocenters. The van der Waals surface area contributed by atoms with Crippen molar-refractivity contribution in [1.29, 1.82) is 0 Å². The Hall–Kier alpha value is -2.98. The first-order valence-corrected chi connectivity index (χ1v) is 9.06. The molecule has 0 radical (unpaired) electrons. The Labute approximate surface area is 164 Å². The monoisotopic (exact) mass is 380 g/mol. The second kappa shape index (κ2) is 9.10. The molecule has 0 aromatic heterocycles. The molecule has 0 saturated heterocycles. The van der Waals surface area contributed by atoms with Crippen LogP contribution in [0, 0.1) is 0 Å². The minimum Gasteiger partial charge on any atom is -0.497 e. The van der Waals surface area contributed by atoms with E-state index in [-0.39, 0.29) is 6.03 Å². The number of hydrogen-bond donors (Lipinski definition) is 2. The summed E-state index contributed by atoms with van der Waals surface area (Å²) in [4.78, 5) is 12.2. The number of methoxy groups -OCH3 is 1. The summed E-state index contributed by atoms with van der Waals surface area (Å²) in [7, 11) is 1.66. The molecular weight excluding hydrogens is 360 g/mol. The number of rotatable bonds is 6. The molecule has 3 aromatic carbocycles. The van der Waals surface area contributed by atoms with Gasteiger partial charge in [-0.1, -0.05) is 48.0 Å². The van der Waals surface area contributed by atoms with E-state index in [4.69, 9.17) is 16.3 Å². The van der Waals surface area contributed by atoms with E-state index in [1.54, 1.807) is 19.2 Å². The summed E-state index contributed by atoms with van der Waals surface area (Å²) in [5.74, 6) is 0.856. The van der Waals surface area contributed by atoms with Crippen molar-refractivity contribution in [2.45, 2.75) is 12.8 Å². The van der Waals surface area contributed by atoms with Crippen molar-refractivity contribution in [2.24, 2.45) is 0 Å². The third kappa shape index (κ3) is 5.50. The summed E-state index contributed by atoms with van der Waals surface area (Å²) in [6.45, 7) is 0. The summed E-state index contributed by atoms with van der Waals surface area (Å²) in [5.41, 5.74) is 3.71. The van der Waals surface area contributed by atoms with Crippen molar-refractivity contribution in [3.05, 3.63) is 88.9 Å². The van der Waals surface area contributed by atoms with Crippen LogP contribution in [-0.4, -0.2) is 13.1 Å². The van der Waals surface area contributed by atoms with Crippen LogP contribution in [0.3, 0.4) is 0 Å². The molecule has 2 N–H and O–H groups in total. The molecule has 0 saturated carbocycles. The Morgan fingerprint density at radius 3 is 2.37 bits per heavy atom. The maximum absolute atomic E-state index is 12.2. The highest BCUT2D eigenvalue weighted by Gasteiger charge is 2.06. The Morgan fingerprint density at radius 2 is 1.63 bits per heavy atom. The fourth-order valence-electron chi connectivity index (χ4n) is 2.73. The maximum atomic E-state index is 12.2. The highest BCUT2D eigenvalue weighted by molar-refractivity contribution is 6.33. The number of hydrogen-bond acceptors (Lipinski definition) is 2. The second-order valence-electron chi connectivity index (χ2n) is 6.11. The normalized spacial score (nSPS) is 10.3. The maximum Gasteiger partial charge on any atom is 0.323 e.